The van der Waals surface area contributed by atoms with E-state index < -0.39 is 10.0 Å². The van der Waals surface area contributed by atoms with Crippen LogP contribution < -0.4 is 14.5 Å². The quantitative estimate of drug-likeness (QED) is 0.550. The van der Waals surface area contributed by atoms with Crippen LogP contribution in [0.1, 0.15) is 5.56 Å². The molecule has 1 N–H and O–H groups in total. The van der Waals surface area contributed by atoms with Crippen molar-refractivity contribution in [2.45, 2.75) is 11.8 Å². The van der Waals surface area contributed by atoms with E-state index in [9.17, 15) is 8.42 Å². The molecule has 1 aromatic heterocycles. The van der Waals surface area contributed by atoms with Crippen molar-refractivity contribution < 1.29 is 17.9 Å². The minimum Gasteiger partial charge on any atom is -0.378 e. The van der Waals surface area contributed by atoms with Crippen LogP contribution in [-0.2, 0) is 19.5 Å². The topological polar surface area (TPSA) is 110 Å². The molecule has 11 heteroatoms. The fourth-order valence-electron chi connectivity index (χ4n) is 3.91. The number of nitrogens with zero attached hydrogens (tertiary/aromatic N) is 5. The fourth-order valence-corrected chi connectivity index (χ4v) is 4.97. The highest BCUT2D eigenvalue weighted by molar-refractivity contribution is 7.92. The number of anilines is 3. The van der Waals surface area contributed by atoms with Gasteiger partial charge in [-0.05, 0) is 43.3 Å². The molecule has 0 spiro atoms. The molecule has 3 aromatic rings. The van der Waals surface area contributed by atoms with Gasteiger partial charge in [0, 0.05) is 37.4 Å². The molecule has 2 saturated heterocycles. The van der Waals surface area contributed by atoms with Crippen molar-refractivity contribution in [3.8, 4) is 11.4 Å². The summed E-state index contributed by atoms with van der Waals surface area (Å²) in [6.45, 7) is 7.29. The molecule has 0 bridgehead atoms. The molecule has 0 aliphatic carbocycles. The Kier molecular flexibility index (Phi) is 6.80. The Morgan fingerprint density at radius 3 is 1.77 bits per heavy atom. The Morgan fingerprint density at radius 2 is 1.26 bits per heavy atom. The first kappa shape index (κ1) is 23.5. The van der Waals surface area contributed by atoms with E-state index in [-0.39, 0.29) is 4.90 Å². The van der Waals surface area contributed by atoms with Crippen molar-refractivity contribution in [1.82, 2.24) is 15.0 Å². The first-order chi connectivity index (χ1) is 17.0. The maximum Gasteiger partial charge on any atom is 0.261 e. The molecule has 2 fully saturated rings. The second-order valence-corrected chi connectivity index (χ2v) is 10.1. The van der Waals surface area contributed by atoms with E-state index in [1.54, 1.807) is 36.4 Å². The third-order valence-electron chi connectivity index (χ3n) is 5.93. The summed E-state index contributed by atoms with van der Waals surface area (Å²) in [5.41, 5.74) is 2.23. The van der Waals surface area contributed by atoms with Crippen molar-refractivity contribution in [3.05, 3.63) is 54.1 Å². The van der Waals surface area contributed by atoms with Gasteiger partial charge in [-0.2, -0.15) is 15.0 Å². The Labute approximate surface area is 205 Å². The van der Waals surface area contributed by atoms with Crippen molar-refractivity contribution in [2.24, 2.45) is 0 Å². The third-order valence-corrected chi connectivity index (χ3v) is 7.32. The number of ether oxygens (including phenoxy) is 2. The van der Waals surface area contributed by atoms with Crippen molar-refractivity contribution >= 4 is 27.6 Å². The van der Waals surface area contributed by atoms with Crippen LogP contribution in [0.25, 0.3) is 11.4 Å². The first-order valence-corrected chi connectivity index (χ1v) is 13.1. The van der Waals surface area contributed by atoms with Crippen LogP contribution in [0.4, 0.5) is 17.6 Å². The van der Waals surface area contributed by atoms with Crippen molar-refractivity contribution in [1.29, 1.82) is 0 Å². The molecule has 0 amide bonds. The molecule has 10 nitrogen and oxygen atoms in total. The Balaban J connectivity index is 1.41. The molecule has 0 radical (unpaired) electrons. The van der Waals surface area contributed by atoms with Gasteiger partial charge in [0.2, 0.25) is 11.9 Å². The molecule has 0 atom stereocenters. The molecule has 184 valence electrons. The second kappa shape index (κ2) is 10.1. The summed E-state index contributed by atoms with van der Waals surface area (Å²) in [6.07, 6.45) is 0. The minimum atomic E-state index is -3.68. The van der Waals surface area contributed by atoms with Gasteiger partial charge in [0.1, 0.15) is 0 Å². The van der Waals surface area contributed by atoms with E-state index in [1.165, 1.54) is 0 Å². The van der Waals surface area contributed by atoms with Crippen LogP contribution in [0.3, 0.4) is 0 Å². The molecule has 5 rings (SSSR count). The summed E-state index contributed by atoms with van der Waals surface area (Å²) in [5.74, 6) is 1.77. The number of nitrogens with one attached hydrogen (secondary N) is 1. The summed E-state index contributed by atoms with van der Waals surface area (Å²) < 4.78 is 39.1. The van der Waals surface area contributed by atoms with Gasteiger partial charge in [0.25, 0.3) is 10.0 Å². The smallest absolute Gasteiger partial charge is 0.261 e. The predicted molar refractivity (Wildman–Crippen MR) is 133 cm³/mol. The SMILES string of the molecule is Cc1ccc(S(=O)(=O)Nc2ccc(-c3nc(N4CCOCC4)nc(N4CCOCC4)n3)cc2)cc1. The van der Waals surface area contributed by atoms with E-state index in [0.717, 1.165) is 11.1 Å². The zero-order chi connectivity index (χ0) is 24.3. The largest absolute Gasteiger partial charge is 0.378 e. The molecular formula is C24H28N6O4S. The number of hydrogen-bond donors (Lipinski definition) is 1. The van der Waals surface area contributed by atoms with Gasteiger partial charge < -0.3 is 19.3 Å². The van der Waals surface area contributed by atoms with Gasteiger partial charge in [-0.25, -0.2) is 8.42 Å². The zero-order valence-corrected chi connectivity index (χ0v) is 20.4. The van der Waals surface area contributed by atoms with Crippen molar-refractivity contribution in [3.63, 3.8) is 0 Å². The van der Waals surface area contributed by atoms with Crippen LogP contribution in [0.5, 0.6) is 0 Å². The second-order valence-electron chi connectivity index (χ2n) is 8.45. The maximum absolute atomic E-state index is 12.7. The van der Waals surface area contributed by atoms with E-state index in [1.807, 2.05) is 19.1 Å². The van der Waals surface area contributed by atoms with Gasteiger partial charge in [-0.3, -0.25) is 4.72 Å². The lowest BCUT2D eigenvalue weighted by atomic mass is 10.2. The van der Waals surface area contributed by atoms with Gasteiger partial charge in [-0.15, -0.1) is 0 Å². The van der Waals surface area contributed by atoms with E-state index in [0.29, 0.717) is 76.0 Å². The lowest BCUT2D eigenvalue weighted by Gasteiger charge is -2.30. The Morgan fingerprint density at radius 1 is 0.743 bits per heavy atom. The fraction of sp³-hybridized carbons (Fsp3) is 0.375. The van der Waals surface area contributed by atoms with Gasteiger partial charge in [0.15, 0.2) is 5.82 Å². The number of rotatable bonds is 6. The molecule has 2 aliphatic heterocycles. The summed E-state index contributed by atoms with van der Waals surface area (Å²) in [6, 6.07) is 13.8. The lowest BCUT2D eigenvalue weighted by molar-refractivity contribution is 0.121. The lowest BCUT2D eigenvalue weighted by Crippen LogP contribution is -2.40. The van der Waals surface area contributed by atoms with Crippen LogP contribution in [-0.4, -0.2) is 76.0 Å². The average molecular weight is 497 g/mol. The third kappa shape index (κ3) is 5.53. The maximum atomic E-state index is 12.7. The van der Waals surface area contributed by atoms with Gasteiger partial charge in [-0.1, -0.05) is 17.7 Å². The van der Waals surface area contributed by atoms with Gasteiger partial charge in [0.05, 0.1) is 31.3 Å². The zero-order valence-electron chi connectivity index (χ0n) is 19.6. The first-order valence-electron chi connectivity index (χ1n) is 11.6. The predicted octanol–water partition coefficient (Wildman–Crippen LogP) is 2.32. The molecule has 35 heavy (non-hydrogen) atoms. The Bertz CT molecular complexity index is 1220. The summed E-state index contributed by atoms with van der Waals surface area (Å²) in [7, 11) is -3.68. The van der Waals surface area contributed by atoms with E-state index >= 15 is 0 Å². The molecule has 0 saturated carbocycles. The highest BCUT2D eigenvalue weighted by Crippen LogP contribution is 2.25. The molecule has 0 unspecified atom stereocenters. The number of sulfonamides is 1. The highest BCUT2D eigenvalue weighted by Gasteiger charge is 2.21. The summed E-state index contributed by atoms with van der Waals surface area (Å²) in [5, 5.41) is 0. The number of morpholine rings is 2. The van der Waals surface area contributed by atoms with Crippen LogP contribution in [0, 0.1) is 6.92 Å². The molecular weight excluding hydrogens is 468 g/mol. The Hall–Kier alpha value is -3.28. The monoisotopic (exact) mass is 496 g/mol. The minimum absolute atomic E-state index is 0.218. The van der Waals surface area contributed by atoms with E-state index in [4.69, 9.17) is 24.4 Å². The van der Waals surface area contributed by atoms with Gasteiger partial charge >= 0.3 is 0 Å². The van der Waals surface area contributed by atoms with E-state index in [2.05, 4.69) is 14.5 Å². The highest BCUT2D eigenvalue weighted by atomic mass is 32.2. The summed E-state index contributed by atoms with van der Waals surface area (Å²) in [4.78, 5) is 18.6. The average Bonchev–Trinajstić information content (AvgIpc) is 2.90. The molecule has 2 aliphatic rings. The van der Waals surface area contributed by atoms with Crippen LogP contribution in [0.2, 0.25) is 0 Å². The number of aryl methyl sites for hydroxylation is 1. The molecule has 3 heterocycles. The normalized spacial score (nSPS) is 16.8. The number of hydrogen-bond acceptors (Lipinski definition) is 9. The number of benzene rings is 2. The van der Waals surface area contributed by atoms with Crippen molar-refractivity contribution in [2.75, 3.05) is 67.1 Å². The molecule has 2 aromatic carbocycles. The van der Waals surface area contributed by atoms with Crippen LogP contribution in [0.15, 0.2) is 53.4 Å². The number of aromatic nitrogens is 3. The van der Waals surface area contributed by atoms with Crippen LogP contribution >= 0.6 is 0 Å². The summed E-state index contributed by atoms with van der Waals surface area (Å²) >= 11 is 0. The standard InChI is InChI=1S/C24H28N6O4S/c1-18-2-8-21(9-3-18)35(31,32)28-20-6-4-19(5-7-20)22-25-23(29-10-14-33-15-11-29)27-24(26-22)30-12-16-34-17-13-30/h2-9,28H,10-17H2,1H3.